The van der Waals surface area contributed by atoms with E-state index in [-0.39, 0.29) is 40.7 Å². The summed E-state index contributed by atoms with van der Waals surface area (Å²) in [6.45, 7) is 6.72. The number of carbonyl (C=O) groups is 2. The van der Waals surface area contributed by atoms with Crippen LogP contribution in [0.15, 0.2) is 24.3 Å². The van der Waals surface area contributed by atoms with Crippen molar-refractivity contribution < 1.29 is 32.2 Å². The first-order valence-electron chi connectivity index (χ1n) is 11.0. The highest BCUT2D eigenvalue weighted by atomic mass is 35.5. The molecule has 9 heteroatoms. The molecule has 184 valence electrons. The molecule has 1 N–H and O–H groups in total. The van der Waals surface area contributed by atoms with Crippen molar-refractivity contribution >= 4 is 23.7 Å². The minimum atomic E-state index is -1.16. The maximum atomic E-state index is 15.7. The normalized spacial score (nSPS) is 14.5. The smallest absolute Gasteiger partial charge is 0.408 e. The molecular weight excluding hydrogens is 471 g/mol. The molecule has 0 aliphatic heterocycles. The minimum Gasteiger partial charge on any atom is -0.466 e. The summed E-state index contributed by atoms with van der Waals surface area (Å²) in [5.74, 6) is -3.12. The van der Waals surface area contributed by atoms with Gasteiger partial charge in [0.25, 0.3) is 0 Å². The van der Waals surface area contributed by atoms with Gasteiger partial charge in [-0.1, -0.05) is 11.6 Å². The van der Waals surface area contributed by atoms with Gasteiger partial charge in [0.1, 0.15) is 23.1 Å². The van der Waals surface area contributed by atoms with Crippen LogP contribution in [0.3, 0.4) is 0 Å². The Hall–Kier alpha value is -2.74. The highest BCUT2D eigenvalue weighted by Crippen LogP contribution is 2.45. The zero-order valence-corrected chi connectivity index (χ0v) is 20.2. The number of alkyl carbamates (subject to hydrolysis) is 1. The lowest BCUT2D eigenvalue weighted by molar-refractivity contribution is -0.143. The topological polar surface area (TPSA) is 64.6 Å². The predicted octanol–water partition coefficient (Wildman–Crippen LogP) is 6.82. The molecule has 2 aromatic rings. The molecule has 34 heavy (non-hydrogen) atoms. The lowest BCUT2D eigenvalue weighted by atomic mass is 9.92. The summed E-state index contributed by atoms with van der Waals surface area (Å²) < 4.78 is 54.3. The van der Waals surface area contributed by atoms with Crippen molar-refractivity contribution in [3.8, 4) is 11.1 Å². The van der Waals surface area contributed by atoms with Gasteiger partial charge in [0.2, 0.25) is 0 Å². The summed E-state index contributed by atoms with van der Waals surface area (Å²) in [7, 11) is 0. The van der Waals surface area contributed by atoms with E-state index >= 15 is 4.39 Å². The highest BCUT2D eigenvalue weighted by Gasteiger charge is 2.33. The summed E-state index contributed by atoms with van der Waals surface area (Å²) in [6.07, 6.45) is 0.241. The third-order valence-electron chi connectivity index (χ3n) is 5.18. The Kier molecular flexibility index (Phi) is 7.81. The van der Waals surface area contributed by atoms with Crippen LogP contribution >= 0.6 is 11.6 Å². The minimum absolute atomic E-state index is 0.0434. The number of amides is 1. The van der Waals surface area contributed by atoms with E-state index in [9.17, 15) is 18.4 Å². The average Bonchev–Trinajstić information content (AvgIpc) is 3.51. The SMILES string of the molecule is CCOC(=O)C[C@H](NC(=O)OC(C)(C)C)c1cc(-c2c(F)cc(F)cc2Cl)cc(C2CC2)c1F. The lowest BCUT2D eigenvalue weighted by Gasteiger charge is -2.25. The van der Waals surface area contributed by atoms with Crippen LogP contribution in [0.2, 0.25) is 5.02 Å². The number of esters is 1. The van der Waals surface area contributed by atoms with E-state index in [4.69, 9.17) is 21.1 Å². The van der Waals surface area contributed by atoms with Crippen molar-refractivity contribution in [2.24, 2.45) is 0 Å². The molecule has 2 aromatic carbocycles. The van der Waals surface area contributed by atoms with E-state index in [0.29, 0.717) is 11.6 Å². The first kappa shape index (κ1) is 25.9. The van der Waals surface area contributed by atoms with Crippen molar-refractivity contribution in [1.82, 2.24) is 5.32 Å². The zero-order valence-electron chi connectivity index (χ0n) is 19.4. The first-order valence-corrected chi connectivity index (χ1v) is 11.4. The summed E-state index contributed by atoms with van der Waals surface area (Å²) in [5.41, 5.74) is -0.452. The quantitative estimate of drug-likeness (QED) is 0.426. The predicted molar refractivity (Wildman–Crippen MR) is 122 cm³/mol. The van der Waals surface area contributed by atoms with Gasteiger partial charge in [0.05, 0.1) is 24.1 Å². The average molecular weight is 498 g/mol. The summed E-state index contributed by atoms with van der Waals surface area (Å²) >= 11 is 6.13. The van der Waals surface area contributed by atoms with Crippen molar-refractivity contribution in [3.05, 3.63) is 57.9 Å². The molecule has 1 atom stereocenters. The molecule has 0 saturated heterocycles. The number of carbonyl (C=O) groups excluding carboxylic acids is 2. The highest BCUT2D eigenvalue weighted by molar-refractivity contribution is 6.33. The van der Waals surface area contributed by atoms with E-state index < -0.39 is 41.2 Å². The molecule has 1 saturated carbocycles. The van der Waals surface area contributed by atoms with E-state index in [1.54, 1.807) is 27.7 Å². The molecule has 0 radical (unpaired) electrons. The summed E-state index contributed by atoms with van der Waals surface area (Å²) in [4.78, 5) is 24.8. The molecule has 0 bridgehead atoms. The molecule has 3 rings (SSSR count). The second-order valence-corrected chi connectivity index (χ2v) is 9.60. The Morgan fingerprint density at radius 2 is 1.82 bits per heavy atom. The van der Waals surface area contributed by atoms with Crippen molar-refractivity contribution in [2.45, 2.75) is 64.5 Å². The van der Waals surface area contributed by atoms with Crippen LogP contribution in [0.4, 0.5) is 18.0 Å². The van der Waals surface area contributed by atoms with Gasteiger partial charge in [0, 0.05) is 17.2 Å². The first-order chi connectivity index (χ1) is 15.9. The van der Waals surface area contributed by atoms with Gasteiger partial charge in [-0.15, -0.1) is 0 Å². The van der Waals surface area contributed by atoms with Crippen molar-refractivity contribution in [3.63, 3.8) is 0 Å². The Labute approximate surface area is 201 Å². The van der Waals surface area contributed by atoms with Gasteiger partial charge in [-0.2, -0.15) is 0 Å². The number of rotatable bonds is 7. The van der Waals surface area contributed by atoms with E-state index in [1.165, 1.54) is 12.1 Å². The fourth-order valence-corrected chi connectivity index (χ4v) is 3.96. The molecule has 5 nitrogen and oxygen atoms in total. The Morgan fingerprint density at radius 1 is 1.15 bits per heavy atom. The molecular formula is C25H27ClF3NO4. The van der Waals surface area contributed by atoms with Gasteiger partial charge in [-0.3, -0.25) is 4.79 Å². The van der Waals surface area contributed by atoms with Crippen LogP contribution in [0.1, 0.15) is 70.0 Å². The maximum Gasteiger partial charge on any atom is 0.408 e. The third kappa shape index (κ3) is 6.44. The Bertz CT molecular complexity index is 1070. The molecule has 0 heterocycles. The summed E-state index contributed by atoms with van der Waals surface area (Å²) in [5, 5.41) is 2.35. The number of hydrogen-bond acceptors (Lipinski definition) is 4. The van der Waals surface area contributed by atoms with Gasteiger partial charge < -0.3 is 14.8 Å². The van der Waals surface area contributed by atoms with Crippen molar-refractivity contribution in [2.75, 3.05) is 6.61 Å². The van der Waals surface area contributed by atoms with Crippen LogP contribution in [-0.2, 0) is 14.3 Å². The zero-order chi connectivity index (χ0) is 25.2. The second kappa shape index (κ2) is 10.3. The van der Waals surface area contributed by atoms with Crippen LogP contribution in [0, 0.1) is 17.5 Å². The molecule has 1 fully saturated rings. The third-order valence-corrected chi connectivity index (χ3v) is 5.48. The number of benzene rings is 2. The fourth-order valence-electron chi connectivity index (χ4n) is 3.65. The number of halogens is 4. The number of ether oxygens (including phenoxy) is 2. The lowest BCUT2D eigenvalue weighted by Crippen LogP contribution is -2.36. The Balaban J connectivity index is 2.12. The second-order valence-electron chi connectivity index (χ2n) is 9.20. The molecule has 1 aliphatic carbocycles. The van der Waals surface area contributed by atoms with Gasteiger partial charge in [-0.05, 0) is 75.8 Å². The largest absolute Gasteiger partial charge is 0.466 e. The van der Waals surface area contributed by atoms with Crippen LogP contribution in [-0.4, -0.2) is 24.3 Å². The van der Waals surface area contributed by atoms with Crippen LogP contribution in [0.5, 0.6) is 0 Å². The van der Waals surface area contributed by atoms with E-state index in [1.807, 2.05) is 0 Å². The fraction of sp³-hybridized carbons (Fsp3) is 0.440. The van der Waals surface area contributed by atoms with E-state index in [2.05, 4.69) is 5.32 Å². The molecule has 0 spiro atoms. The van der Waals surface area contributed by atoms with Gasteiger partial charge in [0.15, 0.2) is 0 Å². The van der Waals surface area contributed by atoms with Crippen molar-refractivity contribution in [1.29, 1.82) is 0 Å². The van der Waals surface area contributed by atoms with Gasteiger partial charge >= 0.3 is 12.1 Å². The molecule has 0 aromatic heterocycles. The molecule has 0 unspecified atom stereocenters. The molecule has 1 amide bonds. The summed E-state index contributed by atoms with van der Waals surface area (Å²) in [6, 6.07) is 3.29. The number of nitrogens with one attached hydrogen (secondary N) is 1. The number of hydrogen-bond donors (Lipinski definition) is 1. The Morgan fingerprint density at radius 3 is 2.38 bits per heavy atom. The van der Waals surface area contributed by atoms with Crippen LogP contribution < -0.4 is 5.32 Å². The maximum absolute atomic E-state index is 15.7. The van der Waals surface area contributed by atoms with Gasteiger partial charge in [-0.25, -0.2) is 18.0 Å². The van der Waals surface area contributed by atoms with E-state index in [0.717, 1.165) is 18.9 Å². The standard InChI is InChI=1S/C25H27ClF3NO4/c1-5-33-21(31)12-20(30-24(32)34-25(2,3)4)17-9-14(8-16(23(17)29)13-6-7-13)22-18(26)10-15(27)11-19(22)28/h8-11,13,20H,5-7,12H2,1-4H3,(H,30,32)/t20-/m0/s1. The van der Waals surface area contributed by atoms with Crippen LogP contribution in [0.25, 0.3) is 11.1 Å². The molecule has 1 aliphatic rings. The monoisotopic (exact) mass is 497 g/mol.